The topological polar surface area (TPSA) is 37.3 Å². The van der Waals surface area contributed by atoms with Crippen LogP contribution in [-0.4, -0.2) is 11.1 Å². The minimum absolute atomic E-state index is 0.280. The molecule has 0 aliphatic carbocycles. The van der Waals surface area contributed by atoms with Crippen LogP contribution < -0.4 is 0 Å². The fourth-order valence-electron chi connectivity index (χ4n) is 1.25. The first-order valence-corrected chi connectivity index (χ1v) is 5.07. The van der Waals surface area contributed by atoms with Crippen LogP contribution in [-0.2, 0) is 6.42 Å². The summed E-state index contributed by atoms with van der Waals surface area (Å²) >= 11 is 3.01. The molecule has 0 aromatic heterocycles. The Labute approximate surface area is 89.9 Å². The van der Waals surface area contributed by atoms with Crippen molar-refractivity contribution >= 4 is 21.9 Å². The van der Waals surface area contributed by atoms with Crippen LogP contribution in [0.2, 0.25) is 0 Å². The molecule has 0 saturated carbocycles. The van der Waals surface area contributed by atoms with Crippen molar-refractivity contribution in [2.24, 2.45) is 0 Å². The molecule has 0 saturated heterocycles. The monoisotopic (exact) mass is 260 g/mol. The summed E-state index contributed by atoms with van der Waals surface area (Å²) in [6, 6.07) is 3.17. The fraction of sp³-hybridized carbons (Fsp3) is 0.300. The highest BCUT2D eigenvalue weighted by atomic mass is 79.9. The standard InChI is InChI=1S/C10H10BrFO2/c1-2-3-6-4-5-7(11)8(9(6)12)10(13)14/h4-5H,2-3H2,1H3,(H,13,14). The molecule has 1 N–H and O–H groups in total. The normalized spacial score (nSPS) is 10.2. The molecule has 0 atom stereocenters. The molecule has 2 nitrogen and oxygen atoms in total. The fourth-order valence-corrected chi connectivity index (χ4v) is 1.73. The van der Waals surface area contributed by atoms with Gasteiger partial charge in [-0.25, -0.2) is 9.18 Å². The van der Waals surface area contributed by atoms with E-state index in [0.717, 1.165) is 6.42 Å². The van der Waals surface area contributed by atoms with Crippen LogP contribution in [0.25, 0.3) is 0 Å². The van der Waals surface area contributed by atoms with Gasteiger partial charge in [-0.05, 0) is 34.0 Å². The second-order valence-corrected chi connectivity index (χ2v) is 3.80. The van der Waals surface area contributed by atoms with E-state index in [0.29, 0.717) is 12.0 Å². The average molecular weight is 261 g/mol. The van der Waals surface area contributed by atoms with Gasteiger partial charge in [0.05, 0.1) is 0 Å². The Kier molecular flexibility index (Phi) is 3.63. The van der Waals surface area contributed by atoms with Crippen molar-refractivity contribution in [2.75, 3.05) is 0 Å². The molecule has 76 valence electrons. The Bertz CT molecular complexity index is 363. The number of hydrogen-bond acceptors (Lipinski definition) is 1. The van der Waals surface area contributed by atoms with Gasteiger partial charge in [0.1, 0.15) is 11.4 Å². The number of aromatic carboxylic acids is 1. The first-order chi connectivity index (χ1) is 6.57. The van der Waals surface area contributed by atoms with E-state index in [-0.39, 0.29) is 10.0 Å². The predicted molar refractivity (Wildman–Crippen MR) is 55.1 cm³/mol. The molecule has 0 fully saturated rings. The van der Waals surface area contributed by atoms with Gasteiger partial charge >= 0.3 is 5.97 Å². The van der Waals surface area contributed by atoms with E-state index in [9.17, 15) is 9.18 Å². The lowest BCUT2D eigenvalue weighted by atomic mass is 10.1. The molecule has 1 rings (SSSR count). The number of benzene rings is 1. The van der Waals surface area contributed by atoms with Crippen LogP contribution >= 0.6 is 15.9 Å². The zero-order valence-electron chi connectivity index (χ0n) is 7.68. The maximum atomic E-state index is 13.6. The molecule has 1 aromatic rings. The van der Waals surface area contributed by atoms with E-state index in [1.807, 2.05) is 6.92 Å². The third kappa shape index (κ3) is 2.12. The molecule has 0 unspecified atom stereocenters. The highest BCUT2D eigenvalue weighted by molar-refractivity contribution is 9.10. The molecule has 0 aliphatic heterocycles. The van der Waals surface area contributed by atoms with Gasteiger partial charge in [-0.15, -0.1) is 0 Å². The lowest BCUT2D eigenvalue weighted by molar-refractivity contribution is 0.0690. The summed E-state index contributed by atoms with van der Waals surface area (Å²) in [6.07, 6.45) is 1.34. The summed E-state index contributed by atoms with van der Waals surface area (Å²) in [5, 5.41) is 8.77. The van der Waals surface area contributed by atoms with E-state index in [2.05, 4.69) is 15.9 Å². The quantitative estimate of drug-likeness (QED) is 0.906. The van der Waals surface area contributed by atoms with E-state index >= 15 is 0 Å². The number of rotatable bonds is 3. The number of carbonyl (C=O) groups is 1. The van der Waals surface area contributed by atoms with Gasteiger partial charge in [0.25, 0.3) is 0 Å². The highest BCUT2D eigenvalue weighted by Gasteiger charge is 2.17. The minimum atomic E-state index is -1.24. The zero-order valence-corrected chi connectivity index (χ0v) is 9.27. The Morgan fingerprint density at radius 1 is 1.57 bits per heavy atom. The van der Waals surface area contributed by atoms with E-state index in [1.165, 1.54) is 0 Å². The van der Waals surface area contributed by atoms with Gasteiger partial charge in [0.15, 0.2) is 0 Å². The molecule has 0 heterocycles. The van der Waals surface area contributed by atoms with Crippen LogP contribution in [0.3, 0.4) is 0 Å². The molecule has 4 heteroatoms. The third-order valence-electron chi connectivity index (χ3n) is 1.90. The Morgan fingerprint density at radius 2 is 2.21 bits per heavy atom. The van der Waals surface area contributed by atoms with Gasteiger partial charge in [0, 0.05) is 4.47 Å². The van der Waals surface area contributed by atoms with Crippen molar-refractivity contribution in [3.8, 4) is 0 Å². The zero-order chi connectivity index (χ0) is 10.7. The number of halogens is 2. The molecule has 0 radical (unpaired) electrons. The van der Waals surface area contributed by atoms with Gasteiger partial charge < -0.3 is 5.11 Å². The number of carboxylic acid groups (broad SMARTS) is 1. The summed E-state index contributed by atoms with van der Waals surface area (Å²) < 4.78 is 13.8. The van der Waals surface area contributed by atoms with Crippen molar-refractivity contribution in [1.82, 2.24) is 0 Å². The molecule has 14 heavy (non-hydrogen) atoms. The number of hydrogen-bond donors (Lipinski definition) is 1. The molecular weight excluding hydrogens is 251 g/mol. The van der Waals surface area contributed by atoms with Crippen molar-refractivity contribution in [3.63, 3.8) is 0 Å². The molecule has 0 bridgehead atoms. The highest BCUT2D eigenvalue weighted by Crippen LogP contribution is 2.23. The molecule has 1 aromatic carbocycles. The summed E-state index contributed by atoms with van der Waals surface area (Å²) in [5.41, 5.74) is 0.170. The summed E-state index contributed by atoms with van der Waals surface area (Å²) in [5.74, 6) is -1.87. The average Bonchev–Trinajstić information content (AvgIpc) is 2.10. The number of carboxylic acids is 1. The van der Waals surface area contributed by atoms with E-state index in [1.54, 1.807) is 12.1 Å². The summed E-state index contributed by atoms with van der Waals surface area (Å²) in [7, 11) is 0. The van der Waals surface area contributed by atoms with Crippen molar-refractivity contribution in [3.05, 3.63) is 33.5 Å². The molecule has 0 spiro atoms. The van der Waals surface area contributed by atoms with Crippen LogP contribution in [0.4, 0.5) is 4.39 Å². The predicted octanol–water partition coefficient (Wildman–Crippen LogP) is 3.24. The second-order valence-electron chi connectivity index (χ2n) is 2.95. The van der Waals surface area contributed by atoms with Crippen molar-refractivity contribution < 1.29 is 14.3 Å². The molecular formula is C10H10BrFO2. The van der Waals surface area contributed by atoms with Crippen LogP contribution in [0, 0.1) is 5.82 Å². The van der Waals surface area contributed by atoms with Crippen molar-refractivity contribution in [2.45, 2.75) is 19.8 Å². The molecule has 0 amide bonds. The molecule has 0 aliphatic rings. The second kappa shape index (κ2) is 4.55. The first-order valence-electron chi connectivity index (χ1n) is 4.28. The van der Waals surface area contributed by atoms with E-state index < -0.39 is 11.8 Å². The minimum Gasteiger partial charge on any atom is -0.478 e. The maximum absolute atomic E-state index is 13.6. The Hall–Kier alpha value is -0.900. The Morgan fingerprint density at radius 3 is 2.71 bits per heavy atom. The Balaban J connectivity index is 3.26. The van der Waals surface area contributed by atoms with Gasteiger partial charge in [-0.3, -0.25) is 0 Å². The third-order valence-corrected chi connectivity index (χ3v) is 2.57. The number of aryl methyl sites for hydroxylation is 1. The lowest BCUT2D eigenvalue weighted by Crippen LogP contribution is -2.05. The first kappa shape index (κ1) is 11.2. The van der Waals surface area contributed by atoms with Crippen molar-refractivity contribution in [1.29, 1.82) is 0 Å². The largest absolute Gasteiger partial charge is 0.478 e. The summed E-state index contributed by atoms with van der Waals surface area (Å²) in [4.78, 5) is 10.7. The van der Waals surface area contributed by atoms with Gasteiger partial charge in [-0.2, -0.15) is 0 Å². The smallest absolute Gasteiger partial charge is 0.339 e. The van der Waals surface area contributed by atoms with Gasteiger partial charge in [-0.1, -0.05) is 19.4 Å². The van der Waals surface area contributed by atoms with Crippen LogP contribution in [0.1, 0.15) is 29.3 Å². The SMILES string of the molecule is CCCc1ccc(Br)c(C(=O)O)c1F. The van der Waals surface area contributed by atoms with E-state index in [4.69, 9.17) is 5.11 Å². The van der Waals surface area contributed by atoms with Crippen LogP contribution in [0.5, 0.6) is 0 Å². The lowest BCUT2D eigenvalue weighted by Gasteiger charge is -2.06. The summed E-state index contributed by atoms with van der Waals surface area (Å²) in [6.45, 7) is 1.92. The van der Waals surface area contributed by atoms with Gasteiger partial charge in [0.2, 0.25) is 0 Å². The van der Waals surface area contributed by atoms with Crippen LogP contribution in [0.15, 0.2) is 16.6 Å². The maximum Gasteiger partial charge on any atom is 0.339 e.